The Hall–Kier alpha value is -1.39. The average molecular weight is 360 g/mol. The Bertz CT molecular complexity index is 677. The number of rotatable bonds is 8. The van der Waals surface area contributed by atoms with Crippen LogP contribution in [0, 0.1) is 0 Å². The van der Waals surface area contributed by atoms with E-state index in [1.165, 1.54) is 0 Å². The zero-order valence-corrected chi connectivity index (χ0v) is 16.9. The smallest absolute Gasteiger partial charge is 0.192 e. The summed E-state index contributed by atoms with van der Waals surface area (Å²) in [6, 6.07) is 23.5. The first-order valence-electron chi connectivity index (χ1n) is 8.86. The van der Waals surface area contributed by atoms with Gasteiger partial charge in [-0.25, -0.2) is 4.21 Å². The van der Waals surface area contributed by atoms with E-state index in [-0.39, 0.29) is 0 Å². The Kier molecular flexibility index (Phi) is 6.81. The summed E-state index contributed by atoms with van der Waals surface area (Å²) in [5, 5.41) is 0. The van der Waals surface area contributed by atoms with E-state index in [1.54, 1.807) is 0 Å². The van der Waals surface area contributed by atoms with Crippen LogP contribution in [0.2, 0.25) is 18.1 Å². The summed E-state index contributed by atoms with van der Waals surface area (Å²) >= 11 is 0. The zero-order valence-electron chi connectivity index (χ0n) is 15.1. The third kappa shape index (κ3) is 5.05. The Balaban J connectivity index is 2.46. The molecule has 0 bridgehead atoms. The summed E-state index contributed by atoms with van der Waals surface area (Å²) < 4.78 is 19.0. The Morgan fingerprint density at radius 3 is 1.46 bits per heavy atom. The predicted molar refractivity (Wildman–Crippen MR) is 108 cm³/mol. The molecular weight excluding hydrogens is 330 g/mol. The molecule has 2 aromatic rings. The molecule has 0 amide bonds. The highest BCUT2D eigenvalue weighted by atomic mass is 32.2. The van der Waals surface area contributed by atoms with Crippen molar-refractivity contribution in [1.82, 2.24) is 0 Å². The first-order valence-corrected chi connectivity index (χ1v) is 13.3. The maximum atomic E-state index is 13.9. The van der Waals surface area contributed by atoms with Crippen LogP contribution < -0.4 is 0 Å². The van der Waals surface area contributed by atoms with Gasteiger partial charge in [0.25, 0.3) is 0 Å². The van der Waals surface area contributed by atoms with Crippen molar-refractivity contribution < 1.29 is 4.21 Å². The molecule has 0 aliphatic rings. The van der Waals surface area contributed by atoms with Gasteiger partial charge in [0, 0.05) is 9.73 Å². The molecule has 0 N–H and O–H groups in total. The molecule has 24 heavy (non-hydrogen) atoms. The molecule has 0 spiro atoms. The number of hydrogen-bond donors (Lipinski definition) is 0. The summed E-state index contributed by atoms with van der Waals surface area (Å²) in [5.74, 6) is 1.11. The van der Waals surface area contributed by atoms with Gasteiger partial charge in [0.05, 0.1) is 11.5 Å². The van der Waals surface area contributed by atoms with Crippen molar-refractivity contribution in [2.45, 2.75) is 50.4 Å². The molecular formula is C20H29NOSSi. The maximum Gasteiger partial charge on any atom is 0.192 e. The monoisotopic (exact) mass is 359 g/mol. The summed E-state index contributed by atoms with van der Waals surface area (Å²) in [5.41, 5.74) is 2.24. The van der Waals surface area contributed by atoms with Gasteiger partial charge in [0.15, 0.2) is 8.24 Å². The molecule has 2 rings (SSSR count). The van der Waals surface area contributed by atoms with Crippen LogP contribution >= 0.6 is 0 Å². The van der Waals surface area contributed by atoms with E-state index < -0.39 is 18.0 Å². The van der Waals surface area contributed by atoms with Gasteiger partial charge in [-0.15, -0.1) is 0 Å². The second-order valence-electron chi connectivity index (χ2n) is 6.41. The normalized spacial score (nSPS) is 12.1. The molecule has 0 saturated carbocycles. The van der Waals surface area contributed by atoms with Gasteiger partial charge < -0.3 is 0 Å². The van der Waals surface area contributed by atoms with Crippen molar-refractivity contribution in [1.29, 1.82) is 0 Å². The second-order valence-corrected chi connectivity index (χ2v) is 13.8. The maximum absolute atomic E-state index is 13.9. The third-order valence-corrected chi connectivity index (χ3v) is 13.2. The van der Waals surface area contributed by atoms with Crippen LogP contribution in [0.5, 0.6) is 0 Å². The minimum atomic E-state index is -2.30. The Labute approximate surface area is 148 Å². The minimum Gasteiger partial charge on any atom is -0.277 e. The topological polar surface area (TPSA) is 29.4 Å². The number of nitrogens with zero attached hydrogens (tertiary/aromatic N) is 1. The lowest BCUT2D eigenvalue weighted by Gasteiger charge is -2.25. The van der Waals surface area contributed by atoms with Gasteiger partial charge in [-0.1, -0.05) is 81.4 Å². The average Bonchev–Trinajstić information content (AvgIpc) is 2.61. The van der Waals surface area contributed by atoms with Crippen molar-refractivity contribution in [2.75, 3.05) is 0 Å². The molecule has 0 aromatic heterocycles. The van der Waals surface area contributed by atoms with Crippen LogP contribution in [0.1, 0.15) is 31.9 Å². The summed E-state index contributed by atoms with van der Waals surface area (Å²) in [7, 11) is -4.11. The van der Waals surface area contributed by atoms with Crippen LogP contribution in [-0.4, -0.2) is 12.4 Å². The fraction of sp³-hybridized carbons (Fsp3) is 0.400. The molecule has 0 heterocycles. The van der Waals surface area contributed by atoms with Gasteiger partial charge >= 0.3 is 0 Å². The predicted octanol–water partition coefficient (Wildman–Crippen LogP) is 5.86. The molecule has 0 atom stereocenters. The van der Waals surface area contributed by atoms with E-state index in [4.69, 9.17) is 4.03 Å². The van der Waals surface area contributed by atoms with Gasteiger partial charge in [0.1, 0.15) is 0 Å². The zero-order chi connectivity index (χ0) is 17.5. The quantitative estimate of drug-likeness (QED) is 0.543. The SMILES string of the molecule is CC[Si](CC)(CC)N=S(=O)(Cc1ccccc1)Cc1ccccc1. The van der Waals surface area contributed by atoms with Crippen LogP contribution in [0.4, 0.5) is 0 Å². The van der Waals surface area contributed by atoms with Crippen molar-refractivity contribution in [3.63, 3.8) is 0 Å². The molecule has 0 unspecified atom stereocenters. The molecule has 2 nitrogen and oxygen atoms in total. The van der Waals surface area contributed by atoms with E-state index in [9.17, 15) is 4.21 Å². The molecule has 2 aromatic carbocycles. The van der Waals surface area contributed by atoms with Crippen molar-refractivity contribution >= 4 is 18.0 Å². The summed E-state index contributed by atoms with van der Waals surface area (Å²) in [6.45, 7) is 6.65. The second kappa shape index (κ2) is 8.63. The van der Waals surface area contributed by atoms with Crippen LogP contribution in [0.15, 0.2) is 64.7 Å². The molecule has 4 heteroatoms. The molecule has 0 saturated heterocycles. The Morgan fingerprint density at radius 1 is 0.750 bits per heavy atom. The lowest BCUT2D eigenvalue weighted by atomic mass is 10.2. The number of benzene rings is 2. The third-order valence-electron chi connectivity index (χ3n) is 4.80. The van der Waals surface area contributed by atoms with Crippen LogP contribution in [0.25, 0.3) is 0 Å². The van der Waals surface area contributed by atoms with Crippen LogP contribution in [-0.2, 0) is 21.2 Å². The molecule has 0 fully saturated rings. The summed E-state index contributed by atoms with van der Waals surface area (Å²) in [4.78, 5) is 0. The van der Waals surface area contributed by atoms with Crippen LogP contribution in [0.3, 0.4) is 0 Å². The van der Waals surface area contributed by atoms with E-state index >= 15 is 0 Å². The van der Waals surface area contributed by atoms with Crippen molar-refractivity contribution in [2.24, 2.45) is 4.03 Å². The molecule has 0 aliphatic carbocycles. The van der Waals surface area contributed by atoms with E-state index in [2.05, 4.69) is 45.0 Å². The largest absolute Gasteiger partial charge is 0.277 e. The highest BCUT2D eigenvalue weighted by Gasteiger charge is 2.29. The number of hydrogen-bond acceptors (Lipinski definition) is 2. The minimum absolute atomic E-state index is 0.553. The first-order chi connectivity index (χ1) is 11.5. The highest BCUT2D eigenvalue weighted by Crippen LogP contribution is 2.26. The van der Waals surface area contributed by atoms with Gasteiger partial charge in [0.2, 0.25) is 0 Å². The molecule has 0 aliphatic heterocycles. The fourth-order valence-corrected chi connectivity index (χ4v) is 11.0. The Morgan fingerprint density at radius 2 is 1.12 bits per heavy atom. The van der Waals surface area contributed by atoms with Gasteiger partial charge in [-0.2, -0.15) is 0 Å². The van der Waals surface area contributed by atoms with Gasteiger partial charge in [-0.3, -0.25) is 4.03 Å². The highest BCUT2D eigenvalue weighted by molar-refractivity contribution is 7.92. The first kappa shape index (κ1) is 18.9. The van der Waals surface area contributed by atoms with Crippen molar-refractivity contribution in [3.8, 4) is 0 Å². The molecule has 0 radical (unpaired) electrons. The fourth-order valence-electron chi connectivity index (χ4n) is 3.08. The van der Waals surface area contributed by atoms with E-state index in [0.29, 0.717) is 11.5 Å². The summed E-state index contributed by atoms with van der Waals surface area (Å²) in [6.07, 6.45) is 0. The van der Waals surface area contributed by atoms with E-state index in [0.717, 1.165) is 29.3 Å². The van der Waals surface area contributed by atoms with E-state index in [1.807, 2.05) is 36.4 Å². The van der Waals surface area contributed by atoms with Gasteiger partial charge in [-0.05, 0) is 29.3 Å². The standard InChI is InChI=1S/C20H29NOSSi/c1-4-24(5-2,6-3)21-23(22,17-19-13-9-7-10-14-19)18-20-15-11-8-12-16-20/h7-16H,4-6,17-18H2,1-3H3. The molecule has 130 valence electrons. The lowest BCUT2D eigenvalue weighted by molar-refractivity contribution is 0.675. The lowest BCUT2D eigenvalue weighted by Crippen LogP contribution is -2.31. The van der Waals surface area contributed by atoms with Crippen molar-refractivity contribution in [3.05, 3.63) is 71.8 Å².